The van der Waals surface area contributed by atoms with Crippen molar-refractivity contribution in [2.45, 2.75) is 32.6 Å². The van der Waals surface area contributed by atoms with Crippen molar-refractivity contribution in [3.8, 4) is 0 Å². The monoisotopic (exact) mass is 357 g/mol. The first-order valence-electron chi connectivity index (χ1n) is 8.29. The molecule has 1 aromatic carbocycles. The van der Waals surface area contributed by atoms with Gasteiger partial charge in [-0.25, -0.2) is 4.79 Å². The summed E-state index contributed by atoms with van der Waals surface area (Å²) < 4.78 is 5.20. The average Bonchev–Trinajstić information content (AvgIpc) is 2.93. The lowest BCUT2D eigenvalue weighted by molar-refractivity contribution is 0.0542. The Kier molecular flexibility index (Phi) is 5.09. The number of aromatic nitrogens is 1. The van der Waals surface area contributed by atoms with Crippen molar-refractivity contribution in [2.75, 3.05) is 6.61 Å². The minimum Gasteiger partial charge on any atom is -0.457 e. The summed E-state index contributed by atoms with van der Waals surface area (Å²) in [5.74, 6) is -0.287. The highest BCUT2D eigenvalue weighted by molar-refractivity contribution is 6.30. The second kappa shape index (κ2) is 7.28. The lowest BCUT2D eigenvalue weighted by Gasteiger charge is -2.22. The van der Waals surface area contributed by atoms with Gasteiger partial charge in [0.25, 0.3) is 0 Å². The van der Waals surface area contributed by atoms with Gasteiger partial charge in [-0.15, -0.1) is 0 Å². The summed E-state index contributed by atoms with van der Waals surface area (Å²) in [6, 6.07) is 7.57. The number of fused-ring (bicyclic) bond motifs is 1. The number of nitrogens with one attached hydrogen (secondary N) is 1. The van der Waals surface area contributed by atoms with Gasteiger partial charge < -0.3 is 9.72 Å². The van der Waals surface area contributed by atoms with Crippen molar-refractivity contribution in [1.82, 2.24) is 4.98 Å². The van der Waals surface area contributed by atoms with Crippen LogP contribution < -0.4 is 0 Å². The maximum Gasteiger partial charge on any atom is 0.355 e. The van der Waals surface area contributed by atoms with Gasteiger partial charge in [0.1, 0.15) is 12.3 Å². The number of Topliss-reactive ketones (excluding diaryl/α,β-unsaturated/α-hetero) is 1. The predicted molar refractivity (Wildman–Crippen MR) is 97.5 cm³/mol. The van der Waals surface area contributed by atoms with E-state index in [1.807, 2.05) is 37.3 Å². The van der Waals surface area contributed by atoms with Crippen molar-refractivity contribution in [1.29, 1.82) is 0 Å². The highest BCUT2D eigenvalue weighted by Crippen LogP contribution is 2.35. The molecule has 25 heavy (non-hydrogen) atoms. The molecule has 0 spiro atoms. The SMILES string of the molecule is C/C=C/COC(=O)c1[nH]c2c(c1C)C(=O)CC(c1ccc(Cl)cc1)C2. The number of carbonyl (C=O) groups excluding carboxylic acids is 2. The van der Waals surface area contributed by atoms with Gasteiger partial charge in [0.2, 0.25) is 0 Å². The van der Waals surface area contributed by atoms with E-state index in [1.54, 1.807) is 13.0 Å². The molecule has 130 valence electrons. The molecule has 1 atom stereocenters. The molecule has 0 aliphatic heterocycles. The van der Waals surface area contributed by atoms with Gasteiger partial charge in [0, 0.05) is 22.7 Å². The fraction of sp³-hybridized carbons (Fsp3) is 0.300. The number of halogens is 1. The number of ketones is 1. The summed E-state index contributed by atoms with van der Waals surface area (Å²) in [6.07, 6.45) is 4.70. The minimum absolute atomic E-state index is 0.0578. The van der Waals surface area contributed by atoms with Crippen molar-refractivity contribution >= 4 is 23.4 Å². The average molecular weight is 358 g/mol. The van der Waals surface area contributed by atoms with Crippen LogP contribution in [0.2, 0.25) is 5.02 Å². The maximum absolute atomic E-state index is 12.6. The Hall–Kier alpha value is -2.33. The van der Waals surface area contributed by atoms with Crippen LogP contribution in [0, 0.1) is 6.92 Å². The van der Waals surface area contributed by atoms with Crippen LogP contribution in [0.1, 0.15) is 56.9 Å². The summed E-state index contributed by atoms with van der Waals surface area (Å²) in [6.45, 7) is 3.88. The van der Waals surface area contributed by atoms with Crippen molar-refractivity contribution < 1.29 is 14.3 Å². The Morgan fingerprint density at radius 2 is 2.04 bits per heavy atom. The molecule has 1 heterocycles. The van der Waals surface area contributed by atoms with Crippen molar-refractivity contribution in [3.05, 3.63) is 69.5 Å². The smallest absolute Gasteiger partial charge is 0.355 e. The van der Waals surface area contributed by atoms with Crippen LogP contribution in [0.15, 0.2) is 36.4 Å². The van der Waals surface area contributed by atoms with E-state index in [-0.39, 0.29) is 18.3 Å². The van der Waals surface area contributed by atoms with Crippen LogP contribution in [0.5, 0.6) is 0 Å². The molecular weight excluding hydrogens is 338 g/mol. The van der Waals surface area contributed by atoms with Gasteiger partial charge in [0.05, 0.1) is 0 Å². The summed E-state index contributed by atoms with van der Waals surface area (Å²) in [5.41, 5.74) is 3.59. The predicted octanol–water partition coefficient (Wildman–Crippen LogP) is 4.62. The Bertz CT molecular complexity index is 833. The van der Waals surface area contributed by atoms with Crippen LogP contribution in [0.3, 0.4) is 0 Å². The summed E-state index contributed by atoms with van der Waals surface area (Å²) in [5, 5.41) is 0.674. The number of esters is 1. The molecule has 0 amide bonds. The number of benzene rings is 1. The molecule has 1 unspecified atom stereocenters. The van der Waals surface area contributed by atoms with E-state index < -0.39 is 5.97 Å². The fourth-order valence-electron chi connectivity index (χ4n) is 3.30. The van der Waals surface area contributed by atoms with Crippen LogP contribution >= 0.6 is 11.6 Å². The zero-order valence-corrected chi connectivity index (χ0v) is 15.0. The number of allylic oxidation sites excluding steroid dienone is 1. The second-order valence-electron chi connectivity index (χ2n) is 6.23. The van der Waals surface area contributed by atoms with E-state index in [4.69, 9.17) is 16.3 Å². The molecule has 5 heteroatoms. The van der Waals surface area contributed by atoms with Crippen LogP contribution in [0.4, 0.5) is 0 Å². The van der Waals surface area contributed by atoms with Crippen LogP contribution in [-0.2, 0) is 11.2 Å². The fourth-order valence-corrected chi connectivity index (χ4v) is 3.43. The third kappa shape index (κ3) is 3.54. The van der Waals surface area contributed by atoms with Gasteiger partial charge in [0.15, 0.2) is 5.78 Å². The Balaban J connectivity index is 1.86. The van der Waals surface area contributed by atoms with Gasteiger partial charge in [-0.2, -0.15) is 0 Å². The molecule has 0 saturated heterocycles. The first-order chi connectivity index (χ1) is 12.0. The maximum atomic E-state index is 12.6. The second-order valence-corrected chi connectivity index (χ2v) is 6.66. The van der Waals surface area contributed by atoms with Gasteiger partial charge >= 0.3 is 5.97 Å². The van der Waals surface area contributed by atoms with Crippen LogP contribution in [0.25, 0.3) is 0 Å². The normalized spacial score (nSPS) is 16.9. The molecule has 0 radical (unpaired) electrons. The molecule has 4 nitrogen and oxygen atoms in total. The highest BCUT2D eigenvalue weighted by atomic mass is 35.5. The number of rotatable bonds is 4. The quantitative estimate of drug-likeness (QED) is 0.641. The third-order valence-electron chi connectivity index (χ3n) is 4.58. The molecule has 1 aromatic heterocycles. The van der Waals surface area contributed by atoms with Gasteiger partial charge in [-0.1, -0.05) is 35.9 Å². The molecule has 0 saturated carbocycles. The van der Waals surface area contributed by atoms with Gasteiger partial charge in [-0.3, -0.25) is 4.79 Å². The number of hydrogen-bond acceptors (Lipinski definition) is 3. The lowest BCUT2D eigenvalue weighted by Crippen LogP contribution is -2.18. The lowest BCUT2D eigenvalue weighted by atomic mass is 9.81. The number of hydrogen-bond donors (Lipinski definition) is 1. The van der Waals surface area contributed by atoms with E-state index in [0.717, 1.165) is 11.3 Å². The largest absolute Gasteiger partial charge is 0.457 e. The summed E-state index contributed by atoms with van der Waals surface area (Å²) in [4.78, 5) is 28.0. The Morgan fingerprint density at radius 1 is 1.32 bits per heavy atom. The van der Waals surface area contributed by atoms with E-state index in [0.29, 0.717) is 34.7 Å². The standard InChI is InChI=1S/C20H20ClNO3/c1-3-4-9-25-20(24)19-12(2)18-16(22-19)10-14(11-17(18)23)13-5-7-15(21)8-6-13/h3-8,14,22H,9-11H2,1-2H3/b4-3+. The summed E-state index contributed by atoms with van der Waals surface area (Å²) >= 11 is 5.94. The van der Waals surface area contributed by atoms with E-state index >= 15 is 0 Å². The van der Waals surface area contributed by atoms with E-state index in [2.05, 4.69) is 4.98 Å². The van der Waals surface area contributed by atoms with Crippen LogP contribution in [-0.4, -0.2) is 23.3 Å². The highest BCUT2D eigenvalue weighted by Gasteiger charge is 2.32. The molecule has 0 fully saturated rings. The third-order valence-corrected chi connectivity index (χ3v) is 4.83. The Labute approximate surface area is 151 Å². The molecule has 0 bridgehead atoms. The number of H-pyrrole nitrogens is 1. The van der Waals surface area contributed by atoms with Crippen molar-refractivity contribution in [2.24, 2.45) is 0 Å². The molecule has 1 aliphatic carbocycles. The summed E-state index contributed by atoms with van der Waals surface area (Å²) in [7, 11) is 0. The number of ether oxygens (including phenoxy) is 1. The van der Waals surface area contributed by atoms with Crippen molar-refractivity contribution in [3.63, 3.8) is 0 Å². The minimum atomic E-state index is -0.430. The first-order valence-corrected chi connectivity index (χ1v) is 8.67. The zero-order chi connectivity index (χ0) is 18.0. The molecule has 1 aliphatic rings. The number of aromatic amines is 1. The number of carbonyl (C=O) groups is 2. The molecule has 3 rings (SSSR count). The van der Waals surface area contributed by atoms with E-state index in [9.17, 15) is 9.59 Å². The Morgan fingerprint density at radius 3 is 2.72 bits per heavy atom. The van der Waals surface area contributed by atoms with E-state index in [1.165, 1.54) is 0 Å². The first kappa shape index (κ1) is 17.5. The topological polar surface area (TPSA) is 59.2 Å². The van der Waals surface area contributed by atoms with Gasteiger partial charge in [-0.05, 0) is 49.4 Å². The molecule has 1 N–H and O–H groups in total. The molecular formula is C20H20ClNO3. The zero-order valence-electron chi connectivity index (χ0n) is 14.3. The molecule has 2 aromatic rings.